The smallest absolute Gasteiger partial charge is 0.310 e. The van der Waals surface area contributed by atoms with Gasteiger partial charge in [0.15, 0.2) is 12.4 Å². The van der Waals surface area contributed by atoms with Gasteiger partial charge >= 0.3 is 5.97 Å². The van der Waals surface area contributed by atoms with Gasteiger partial charge in [-0.1, -0.05) is 36.4 Å². The molecule has 27 heavy (non-hydrogen) atoms. The molecule has 3 heterocycles. The van der Waals surface area contributed by atoms with Gasteiger partial charge in [0, 0.05) is 5.41 Å². The maximum atomic E-state index is 13.2. The summed E-state index contributed by atoms with van der Waals surface area (Å²) in [5, 5.41) is 0. The molecule has 7 aliphatic rings. The lowest BCUT2D eigenvalue weighted by molar-refractivity contribution is -0.403. The average molecular weight is 366 g/mol. The molecule has 0 radical (unpaired) electrons. The van der Waals surface area contributed by atoms with Crippen molar-refractivity contribution in [1.29, 1.82) is 0 Å². The second-order valence-electron chi connectivity index (χ2n) is 9.18. The number of carbonyl (C=O) groups excluding carboxylic acids is 1. The fraction of sp³-hybridized carbons (Fsp3) is 0.609. The molecule has 4 heteroatoms. The van der Waals surface area contributed by atoms with Crippen LogP contribution in [0.2, 0.25) is 0 Å². The number of hydrogen-bond donors (Lipinski definition) is 0. The van der Waals surface area contributed by atoms with Gasteiger partial charge in [0.2, 0.25) is 6.29 Å². The Kier molecular flexibility index (Phi) is 3.58. The summed E-state index contributed by atoms with van der Waals surface area (Å²) in [5.41, 5.74) is 2.69. The second-order valence-corrected chi connectivity index (χ2v) is 9.18. The van der Waals surface area contributed by atoms with E-state index in [4.69, 9.17) is 14.2 Å². The van der Waals surface area contributed by atoms with Gasteiger partial charge in [-0.15, -0.1) is 0 Å². The summed E-state index contributed by atoms with van der Waals surface area (Å²) in [6.07, 6.45) is 10.8. The standard InChI is InChI=1S/C23H26O4/c24-21(18-11-14-5-7-15(18)8-6-14)27-20-22-25-19(26-22)9-10-23(20)12-16-3-1-2-4-17(16)13-23/h1-5,7,14-15,18-20,22H,6,8-13H2/t14?,15?,18?,19-,20-,22+/m1/s1. The van der Waals surface area contributed by atoms with Crippen molar-refractivity contribution in [3.8, 4) is 0 Å². The molecular formula is C23H26O4. The number of fused-ring (bicyclic) bond motifs is 4. The van der Waals surface area contributed by atoms with Gasteiger partial charge < -0.3 is 14.2 Å². The molecule has 1 spiro atoms. The zero-order chi connectivity index (χ0) is 18.0. The molecule has 4 fully saturated rings. The Morgan fingerprint density at radius 2 is 1.81 bits per heavy atom. The first-order valence-corrected chi connectivity index (χ1v) is 10.5. The molecule has 1 aromatic carbocycles. The molecule has 0 amide bonds. The minimum atomic E-state index is -0.396. The molecule has 3 aliphatic heterocycles. The summed E-state index contributed by atoms with van der Waals surface area (Å²) < 4.78 is 18.1. The lowest BCUT2D eigenvalue weighted by Crippen LogP contribution is -2.54. The van der Waals surface area contributed by atoms with E-state index in [0.29, 0.717) is 11.8 Å². The van der Waals surface area contributed by atoms with Gasteiger partial charge in [0.05, 0.1) is 5.92 Å². The molecule has 3 unspecified atom stereocenters. The van der Waals surface area contributed by atoms with Crippen LogP contribution >= 0.6 is 0 Å². The van der Waals surface area contributed by atoms with Crippen LogP contribution < -0.4 is 0 Å². The van der Waals surface area contributed by atoms with E-state index in [0.717, 1.165) is 38.5 Å². The number of carbonyl (C=O) groups is 1. The normalized spacial score (nSPS) is 40.3. The minimum absolute atomic E-state index is 0.00806. The minimum Gasteiger partial charge on any atom is -0.456 e. The number of ether oxygens (including phenoxy) is 3. The third-order valence-electron chi connectivity index (χ3n) is 7.62. The number of rotatable bonds is 2. The zero-order valence-corrected chi connectivity index (χ0v) is 15.5. The van der Waals surface area contributed by atoms with Crippen LogP contribution in [0.1, 0.15) is 43.2 Å². The van der Waals surface area contributed by atoms with E-state index in [1.165, 1.54) is 17.5 Å². The lowest BCUT2D eigenvalue weighted by atomic mass is 9.69. The highest BCUT2D eigenvalue weighted by molar-refractivity contribution is 5.74. The Bertz CT molecular complexity index is 768. The van der Waals surface area contributed by atoms with Crippen LogP contribution in [-0.2, 0) is 31.8 Å². The van der Waals surface area contributed by atoms with Crippen LogP contribution in [-0.4, -0.2) is 24.7 Å². The Balaban J connectivity index is 1.28. The van der Waals surface area contributed by atoms with E-state index < -0.39 is 6.29 Å². The fourth-order valence-electron chi connectivity index (χ4n) is 6.12. The molecule has 4 bridgehead atoms. The van der Waals surface area contributed by atoms with Crippen molar-refractivity contribution in [1.82, 2.24) is 0 Å². The van der Waals surface area contributed by atoms with Crippen molar-refractivity contribution < 1.29 is 19.0 Å². The zero-order valence-electron chi connectivity index (χ0n) is 15.5. The number of hydrogen-bond acceptors (Lipinski definition) is 4. The summed E-state index contributed by atoms with van der Waals surface area (Å²) in [6, 6.07) is 8.64. The maximum Gasteiger partial charge on any atom is 0.310 e. The van der Waals surface area contributed by atoms with E-state index in [-0.39, 0.29) is 29.7 Å². The molecule has 0 aromatic heterocycles. The summed E-state index contributed by atoms with van der Waals surface area (Å²) in [7, 11) is 0. The quantitative estimate of drug-likeness (QED) is 0.590. The number of esters is 1. The van der Waals surface area contributed by atoms with Gasteiger partial charge in [-0.05, 0) is 67.9 Å². The maximum absolute atomic E-state index is 13.2. The van der Waals surface area contributed by atoms with Crippen LogP contribution in [0.15, 0.2) is 36.4 Å². The van der Waals surface area contributed by atoms with E-state index in [2.05, 4.69) is 36.4 Å². The van der Waals surface area contributed by atoms with Crippen molar-refractivity contribution in [3.05, 3.63) is 47.5 Å². The van der Waals surface area contributed by atoms with Gasteiger partial charge in [-0.25, -0.2) is 0 Å². The Labute approximate surface area is 159 Å². The third-order valence-corrected chi connectivity index (χ3v) is 7.62. The molecule has 1 saturated carbocycles. The van der Waals surface area contributed by atoms with Crippen LogP contribution in [0.25, 0.3) is 0 Å². The van der Waals surface area contributed by atoms with Gasteiger partial charge in [-0.2, -0.15) is 0 Å². The van der Waals surface area contributed by atoms with Crippen molar-refractivity contribution in [2.24, 2.45) is 23.2 Å². The van der Waals surface area contributed by atoms with Crippen LogP contribution in [0.3, 0.4) is 0 Å². The SMILES string of the molecule is O=C(O[C@@H]1[C@H]2O[C@@H](CCC13Cc1ccccc1C3)O2)C1CC2C=CC1CC2. The molecule has 4 atom stereocenters. The van der Waals surface area contributed by atoms with Crippen molar-refractivity contribution in [3.63, 3.8) is 0 Å². The Morgan fingerprint density at radius 1 is 1.04 bits per heavy atom. The summed E-state index contributed by atoms with van der Waals surface area (Å²) in [6.45, 7) is 0. The number of benzene rings is 1. The van der Waals surface area contributed by atoms with Gasteiger partial charge in [0.25, 0.3) is 0 Å². The largest absolute Gasteiger partial charge is 0.456 e. The monoisotopic (exact) mass is 366 g/mol. The first-order chi connectivity index (χ1) is 13.2. The van der Waals surface area contributed by atoms with Crippen molar-refractivity contribution in [2.75, 3.05) is 0 Å². The third kappa shape index (κ3) is 2.53. The van der Waals surface area contributed by atoms with E-state index in [1.54, 1.807) is 0 Å². The van der Waals surface area contributed by atoms with Crippen molar-refractivity contribution >= 4 is 5.97 Å². The molecule has 8 rings (SSSR count). The lowest BCUT2D eigenvalue weighted by Gasteiger charge is -2.43. The molecule has 4 nitrogen and oxygen atoms in total. The van der Waals surface area contributed by atoms with Gasteiger partial charge in [0.1, 0.15) is 0 Å². The molecule has 1 aromatic rings. The topological polar surface area (TPSA) is 44.8 Å². The summed E-state index contributed by atoms with van der Waals surface area (Å²) >= 11 is 0. The average Bonchev–Trinajstić information content (AvgIpc) is 2.92. The summed E-state index contributed by atoms with van der Waals surface area (Å²) in [5.74, 6) is 0.869. The number of allylic oxidation sites excluding steroid dienone is 2. The highest BCUT2D eigenvalue weighted by Gasteiger charge is 2.57. The van der Waals surface area contributed by atoms with E-state index in [1.807, 2.05) is 0 Å². The van der Waals surface area contributed by atoms with Gasteiger partial charge in [-0.3, -0.25) is 4.79 Å². The first-order valence-electron chi connectivity index (χ1n) is 10.5. The Hall–Kier alpha value is -1.65. The second kappa shape index (κ2) is 5.92. The fourth-order valence-corrected chi connectivity index (χ4v) is 6.12. The Morgan fingerprint density at radius 3 is 2.44 bits per heavy atom. The highest BCUT2D eigenvalue weighted by Crippen LogP contribution is 2.52. The first kappa shape index (κ1) is 16.3. The van der Waals surface area contributed by atoms with Crippen LogP contribution in [0.4, 0.5) is 0 Å². The predicted molar refractivity (Wildman–Crippen MR) is 98.6 cm³/mol. The molecule has 4 aliphatic carbocycles. The highest BCUT2D eigenvalue weighted by atomic mass is 16.9. The van der Waals surface area contributed by atoms with E-state index in [9.17, 15) is 4.79 Å². The van der Waals surface area contributed by atoms with Crippen LogP contribution in [0, 0.1) is 23.2 Å². The van der Waals surface area contributed by atoms with Crippen LogP contribution in [0.5, 0.6) is 0 Å². The molecular weight excluding hydrogens is 340 g/mol. The predicted octanol–water partition coefficient (Wildman–Crippen LogP) is 3.78. The van der Waals surface area contributed by atoms with E-state index >= 15 is 0 Å². The van der Waals surface area contributed by atoms with Crippen molar-refractivity contribution in [2.45, 2.75) is 63.6 Å². The molecule has 0 N–H and O–H groups in total. The summed E-state index contributed by atoms with van der Waals surface area (Å²) in [4.78, 5) is 13.2. The molecule has 3 saturated heterocycles. The molecule has 142 valence electrons.